The summed E-state index contributed by atoms with van der Waals surface area (Å²) in [4.78, 5) is 32.5. The maximum Gasteiger partial charge on any atom is 0.281 e. The maximum atomic E-state index is 13.3. The summed E-state index contributed by atoms with van der Waals surface area (Å²) in [6, 6.07) is 17.4. The molecule has 0 bridgehead atoms. The van der Waals surface area contributed by atoms with Crippen LogP contribution >= 0.6 is 0 Å². The first-order valence-electron chi connectivity index (χ1n) is 12.7. The third-order valence-electron chi connectivity index (χ3n) is 7.33. The zero-order chi connectivity index (χ0) is 26.9. The normalized spacial score (nSPS) is 15.1. The Kier molecular flexibility index (Phi) is 6.96. The molecule has 2 aromatic carbocycles. The largest absolute Gasteiger partial charge is 0.388 e. The molecule has 1 saturated heterocycles. The highest BCUT2D eigenvalue weighted by Gasteiger charge is 2.35. The van der Waals surface area contributed by atoms with Gasteiger partial charge in [0.1, 0.15) is 5.52 Å². The van der Waals surface area contributed by atoms with Crippen LogP contribution in [0.4, 0.5) is 0 Å². The van der Waals surface area contributed by atoms with Crippen LogP contribution in [0.25, 0.3) is 27.9 Å². The molecule has 1 amide bonds. The molecule has 1 aliphatic rings. The van der Waals surface area contributed by atoms with Gasteiger partial charge in [-0.05, 0) is 29.5 Å². The third kappa shape index (κ3) is 5.03. The van der Waals surface area contributed by atoms with Crippen molar-refractivity contribution in [2.75, 3.05) is 13.1 Å². The first-order valence-corrected chi connectivity index (χ1v) is 12.7. The van der Waals surface area contributed by atoms with Gasteiger partial charge in [0.15, 0.2) is 5.52 Å². The first kappa shape index (κ1) is 25.6. The molecule has 3 heterocycles. The third-order valence-corrected chi connectivity index (χ3v) is 7.33. The average Bonchev–Trinajstić information content (AvgIpc) is 3.27. The van der Waals surface area contributed by atoms with Gasteiger partial charge in [-0.2, -0.15) is 5.10 Å². The van der Waals surface area contributed by atoms with E-state index in [-0.39, 0.29) is 29.9 Å². The molecule has 1 aliphatic heterocycles. The average molecular weight is 513 g/mol. The summed E-state index contributed by atoms with van der Waals surface area (Å²) in [5, 5.41) is 15.7. The number of aromatic nitrogens is 4. The van der Waals surface area contributed by atoms with Gasteiger partial charge in [0, 0.05) is 32.2 Å². The molecule has 5 rings (SSSR count). The number of nitrogens with two attached hydrogens (primary N) is 1. The van der Waals surface area contributed by atoms with E-state index in [1.807, 2.05) is 54.6 Å². The Hall–Kier alpha value is -4.08. The fourth-order valence-corrected chi connectivity index (χ4v) is 5.05. The molecule has 196 valence electrons. The van der Waals surface area contributed by atoms with Gasteiger partial charge in [0.25, 0.3) is 5.56 Å². The number of amides is 1. The molecule has 4 aromatic rings. The minimum atomic E-state index is -1.12. The number of hydrogen-bond acceptors (Lipinski definition) is 6. The molecule has 0 spiro atoms. The summed E-state index contributed by atoms with van der Waals surface area (Å²) in [5.74, 6) is -0.0123. The van der Waals surface area contributed by atoms with Crippen LogP contribution < -0.4 is 11.3 Å². The molecule has 0 unspecified atom stereocenters. The molecule has 0 radical (unpaired) electrons. The van der Waals surface area contributed by atoms with Crippen LogP contribution in [0.1, 0.15) is 30.4 Å². The number of fused-ring (bicyclic) bond motifs is 1. The zero-order valence-corrected chi connectivity index (χ0v) is 21.5. The lowest BCUT2D eigenvalue weighted by atomic mass is 9.90. The number of aliphatic hydroxyl groups is 1. The molecule has 1 fully saturated rings. The van der Waals surface area contributed by atoms with Gasteiger partial charge in [-0.1, -0.05) is 61.2 Å². The van der Waals surface area contributed by atoms with Gasteiger partial charge in [0.05, 0.1) is 30.6 Å². The molecule has 38 heavy (non-hydrogen) atoms. The van der Waals surface area contributed by atoms with E-state index in [2.05, 4.69) is 16.7 Å². The molecule has 9 nitrogen and oxygen atoms in total. The van der Waals surface area contributed by atoms with E-state index in [9.17, 15) is 14.7 Å². The van der Waals surface area contributed by atoms with Crippen molar-refractivity contribution in [2.45, 2.75) is 38.0 Å². The molecule has 9 heteroatoms. The molecule has 0 atom stereocenters. The predicted octanol–water partition coefficient (Wildman–Crippen LogP) is 2.71. The summed E-state index contributed by atoms with van der Waals surface area (Å²) in [6.45, 7) is 5.42. The Morgan fingerprint density at radius 1 is 1.08 bits per heavy atom. The van der Waals surface area contributed by atoms with Gasteiger partial charge in [-0.3, -0.25) is 18.8 Å². The van der Waals surface area contributed by atoms with Gasteiger partial charge in [-0.25, -0.2) is 4.98 Å². The van der Waals surface area contributed by atoms with Gasteiger partial charge < -0.3 is 15.7 Å². The van der Waals surface area contributed by atoms with E-state index >= 15 is 0 Å². The summed E-state index contributed by atoms with van der Waals surface area (Å²) in [6.07, 6.45) is 2.44. The lowest BCUT2D eigenvalue weighted by Gasteiger charge is -2.38. The minimum Gasteiger partial charge on any atom is -0.388 e. The number of aryl methyl sites for hydroxylation is 1. The van der Waals surface area contributed by atoms with Crippen molar-refractivity contribution >= 4 is 22.5 Å². The van der Waals surface area contributed by atoms with Gasteiger partial charge in [0.2, 0.25) is 5.91 Å². The van der Waals surface area contributed by atoms with Crippen molar-refractivity contribution < 1.29 is 9.90 Å². The highest BCUT2D eigenvalue weighted by molar-refractivity contribution is 5.89. The van der Waals surface area contributed by atoms with Crippen molar-refractivity contribution in [1.82, 2.24) is 24.2 Å². The fourth-order valence-electron chi connectivity index (χ4n) is 5.05. The Balaban J connectivity index is 1.28. The number of carbonyl (C=O) groups is 1. The number of rotatable bonds is 7. The zero-order valence-electron chi connectivity index (χ0n) is 21.5. The molecular weight excluding hydrogens is 480 g/mol. The van der Waals surface area contributed by atoms with Crippen LogP contribution in [-0.4, -0.2) is 53.9 Å². The topological polar surface area (TPSA) is 119 Å². The van der Waals surface area contributed by atoms with E-state index in [1.165, 1.54) is 10.9 Å². The number of benzene rings is 2. The van der Waals surface area contributed by atoms with Crippen molar-refractivity contribution in [3.05, 3.63) is 89.0 Å². The van der Waals surface area contributed by atoms with Crippen LogP contribution in [0, 0.1) is 0 Å². The monoisotopic (exact) mass is 512 g/mol. The van der Waals surface area contributed by atoms with Crippen LogP contribution in [-0.2, 0) is 24.9 Å². The predicted molar refractivity (Wildman–Crippen MR) is 147 cm³/mol. The second-order valence-corrected chi connectivity index (χ2v) is 10.00. The molecular formula is C29H32N6O3. The smallest absolute Gasteiger partial charge is 0.281 e. The minimum absolute atomic E-state index is 0.0123. The molecule has 3 N–H and O–H groups in total. The Bertz CT molecular complexity index is 1530. The number of hydrogen-bond donors (Lipinski definition) is 2. The lowest BCUT2D eigenvalue weighted by molar-refractivity contribution is -0.134. The molecule has 0 aliphatic carbocycles. The Morgan fingerprint density at radius 2 is 1.76 bits per heavy atom. The molecule has 0 saturated carbocycles. The van der Waals surface area contributed by atoms with Crippen molar-refractivity contribution in [1.29, 1.82) is 0 Å². The quantitative estimate of drug-likeness (QED) is 0.393. The summed E-state index contributed by atoms with van der Waals surface area (Å²) in [5.41, 5.74) is 9.42. The fraction of sp³-hybridized carbons (Fsp3) is 0.310. The van der Waals surface area contributed by atoms with E-state index in [0.717, 1.165) is 28.0 Å². The highest BCUT2D eigenvalue weighted by atomic mass is 16.3. The van der Waals surface area contributed by atoms with E-state index in [4.69, 9.17) is 5.73 Å². The van der Waals surface area contributed by atoms with Gasteiger partial charge >= 0.3 is 0 Å². The number of likely N-dealkylation sites (tertiary alicyclic amines) is 1. The van der Waals surface area contributed by atoms with Crippen LogP contribution in [0.5, 0.6) is 0 Å². The summed E-state index contributed by atoms with van der Waals surface area (Å²) < 4.78 is 3.08. The van der Waals surface area contributed by atoms with E-state index in [1.54, 1.807) is 16.6 Å². The Labute approximate surface area is 220 Å². The SMILES string of the molecule is C=C(CC(=O)N1CCC(O)(Cn2cnc3c(-c4ccc(CN)cc4)n(C)nc3c2=O)CC1)c1ccccc1. The van der Waals surface area contributed by atoms with Crippen LogP contribution in [0.3, 0.4) is 0 Å². The van der Waals surface area contributed by atoms with Crippen molar-refractivity contribution in [3.8, 4) is 11.3 Å². The maximum absolute atomic E-state index is 13.3. The number of carbonyl (C=O) groups excluding carboxylic acids is 1. The van der Waals surface area contributed by atoms with E-state index in [0.29, 0.717) is 38.0 Å². The second-order valence-electron chi connectivity index (χ2n) is 10.00. The Morgan fingerprint density at radius 3 is 2.42 bits per heavy atom. The lowest BCUT2D eigenvalue weighted by Crippen LogP contribution is -2.49. The van der Waals surface area contributed by atoms with Crippen molar-refractivity contribution in [2.24, 2.45) is 12.8 Å². The molecule has 2 aromatic heterocycles. The summed E-state index contributed by atoms with van der Waals surface area (Å²) >= 11 is 0. The number of nitrogens with zero attached hydrogens (tertiary/aromatic N) is 5. The van der Waals surface area contributed by atoms with Crippen LogP contribution in [0.2, 0.25) is 0 Å². The van der Waals surface area contributed by atoms with Crippen LogP contribution in [0.15, 0.2) is 72.3 Å². The van der Waals surface area contributed by atoms with E-state index < -0.39 is 5.60 Å². The summed E-state index contributed by atoms with van der Waals surface area (Å²) in [7, 11) is 1.78. The number of piperidine rings is 1. The standard InChI is InChI=1S/C29H32N6O3/c1-20(22-6-4-3-5-7-22)16-24(36)34-14-12-29(38,13-15-34)18-35-19-31-25-26(28(35)37)32-33(2)27(25)23-10-8-21(17-30)9-11-23/h3-11,19,38H,1,12-18,30H2,2H3. The second kappa shape index (κ2) is 10.4. The van der Waals surface area contributed by atoms with Crippen molar-refractivity contribution in [3.63, 3.8) is 0 Å². The first-order chi connectivity index (χ1) is 18.3. The highest BCUT2D eigenvalue weighted by Crippen LogP contribution is 2.28. The van der Waals surface area contributed by atoms with Gasteiger partial charge in [-0.15, -0.1) is 0 Å².